The summed E-state index contributed by atoms with van der Waals surface area (Å²) in [6, 6.07) is 5.83. The van der Waals surface area contributed by atoms with Crippen molar-refractivity contribution in [3.63, 3.8) is 0 Å². The monoisotopic (exact) mass is 305 g/mol. The number of ether oxygens (including phenoxy) is 1. The summed E-state index contributed by atoms with van der Waals surface area (Å²) in [5, 5.41) is 8.80. The zero-order valence-corrected chi connectivity index (χ0v) is 13.5. The molecule has 0 amide bonds. The second-order valence-electron chi connectivity index (χ2n) is 6.50. The van der Waals surface area contributed by atoms with Crippen LogP contribution in [0.4, 0.5) is 0 Å². The van der Waals surface area contributed by atoms with Crippen LogP contribution in [-0.4, -0.2) is 18.2 Å². The summed E-state index contributed by atoms with van der Waals surface area (Å²) in [5.74, 6) is 1.46. The smallest absolute Gasteiger partial charge is 0.303 e. The Morgan fingerprint density at radius 2 is 2.05 bits per heavy atom. The fourth-order valence-corrected chi connectivity index (χ4v) is 3.32. The van der Waals surface area contributed by atoms with Gasteiger partial charge < -0.3 is 15.6 Å². The molecule has 1 atom stereocenters. The first-order valence-electron chi connectivity index (χ1n) is 8.16. The van der Waals surface area contributed by atoms with Crippen molar-refractivity contribution < 1.29 is 14.6 Å². The molecule has 0 spiro atoms. The van der Waals surface area contributed by atoms with Crippen molar-refractivity contribution in [3.8, 4) is 5.75 Å². The molecule has 0 saturated heterocycles. The predicted molar refractivity (Wildman–Crippen MR) is 87.2 cm³/mol. The molecule has 122 valence electrons. The second kappa shape index (κ2) is 7.63. The summed E-state index contributed by atoms with van der Waals surface area (Å²) >= 11 is 0. The van der Waals surface area contributed by atoms with Crippen LogP contribution >= 0.6 is 0 Å². The molecule has 0 heterocycles. The SMILES string of the molecule is COc1ccc(C(N)CCC(=O)O)cc1C1CCC(C)CC1. The Labute approximate surface area is 132 Å². The van der Waals surface area contributed by atoms with E-state index in [-0.39, 0.29) is 12.5 Å². The highest BCUT2D eigenvalue weighted by Gasteiger charge is 2.23. The van der Waals surface area contributed by atoms with Gasteiger partial charge in [-0.25, -0.2) is 0 Å². The number of hydrogen-bond donors (Lipinski definition) is 2. The quantitative estimate of drug-likeness (QED) is 0.837. The minimum absolute atomic E-state index is 0.101. The lowest BCUT2D eigenvalue weighted by Gasteiger charge is -2.28. The molecule has 1 saturated carbocycles. The average Bonchev–Trinajstić information content (AvgIpc) is 2.52. The van der Waals surface area contributed by atoms with Gasteiger partial charge in [-0.05, 0) is 48.3 Å². The predicted octanol–water partition coefficient (Wildman–Crippen LogP) is 3.85. The largest absolute Gasteiger partial charge is 0.496 e. The summed E-state index contributed by atoms with van der Waals surface area (Å²) in [6.07, 6.45) is 5.44. The van der Waals surface area contributed by atoms with Gasteiger partial charge in [-0.15, -0.1) is 0 Å². The van der Waals surface area contributed by atoms with E-state index in [2.05, 4.69) is 13.0 Å². The zero-order chi connectivity index (χ0) is 16.1. The number of methoxy groups -OCH3 is 1. The van der Waals surface area contributed by atoms with Crippen molar-refractivity contribution in [2.75, 3.05) is 7.11 Å². The lowest BCUT2D eigenvalue weighted by Crippen LogP contribution is -2.15. The third-order valence-corrected chi connectivity index (χ3v) is 4.81. The Balaban J connectivity index is 2.16. The molecule has 1 aromatic carbocycles. The van der Waals surface area contributed by atoms with Crippen molar-refractivity contribution in [2.24, 2.45) is 11.7 Å². The van der Waals surface area contributed by atoms with E-state index in [0.29, 0.717) is 12.3 Å². The summed E-state index contributed by atoms with van der Waals surface area (Å²) in [4.78, 5) is 10.7. The molecule has 22 heavy (non-hydrogen) atoms. The van der Waals surface area contributed by atoms with E-state index in [4.69, 9.17) is 15.6 Å². The van der Waals surface area contributed by atoms with E-state index in [1.807, 2.05) is 12.1 Å². The van der Waals surface area contributed by atoms with Gasteiger partial charge in [0, 0.05) is 12.5 Å². The lowest BCUT2D eigenvalue weighted by atomic mass is 9.78. The third kappa shape index (κ3) is 4.23. The molecule has 0 bridgehead atoms. The van der Waals surface area contributed by atoms with E-state index in [1.54, 1.807) is 7.11 Å². The van der Waals surface area contributed by atoms with Gasteiger partial charge >= 0.3 is 5.97 Å². The fraction of sp³-hybridized carbons (Fsp3) is 0.611. The highest BCUT2D eigenvalue weighted by atomic mass is 16.5. The van der Waals surface area contributed by atoms with Crippen LogP contribution in [0.5, 0.6) is 5.75 Å². The maximum atomic E-state index is 10.7. The van der Waals surface area contributed by atoms with Gasteiger partial charge in [0.15, 0.2) is 0 Å². The van der Waals surface area contributed by atoms with Gasteiger partial charge in [0.1, 0.15) is 5.75 Å². The number of aliphatic carboxylic acids is 1. The summed E-state index contributed by atoms with van der Waals surface area (Å²) < 4.78 is 5.52. The first kappa shape index (κ1) is 16.8. The maximum absolute atomic E-state index is 10.7. The van der Waals surface area contributed by atoms with Crippen molar-refractivity contribution in [2.45, 2.75) is 57.4 Å². The van der Waals surface area contributed by atoms with E-state index in [9.17, 15) is 4.79 Å². The van der Waals surface area contributed by atoms with Gasteiger partial charge in [-0.1, -0.05) is 31.9 Å². The Hall–Kier alpha value is -1.55. The van der Waals surface area contributed by atoms with Crippen LogP contribution in [0.3, 0.4) is 0 Å². The van der Waals surface area contributed by atoms with Crippen molar-refractivity contribution >= 4 is 5.97 Å². The average molecular weight is 305 g/mol. The van der Waals surface area contributed by atoms with Gasteiger partial charge in [0.05, 0.1) is 7.11 Å². The fourth-order valence-electron chi connectivity index (χ4n) is 3.32. The highest BCUT2D eigenvalue weighted by Crippen LogP contribution is 2.40. The zero-order valence-electron chi connectivity index (χ0n) is 13.5. The molecular formula is C18H27NO3. The summed E-state index contributed by atoms with van der Waals surface area (Å²) in [7, 11) is 1.70. The Kier molecular flexibility index (Phi) is 5.83. The number of carboxylic acids is 1. The Bertz CT molecular complexity index is 507. The molecule has 4 heteroatoms. The summed E-state index contributed by atoms with van der Waals surface area (Å²) in [5.41, 5.74) is 8.40. The van der Waals surface area contributed by atoms with Gasteiger partial charge in [-0.2, -0.15) is 0 Å². The Morgan fingerprint density at radius 1 is 1.36 bits per heavy atom. The van der Waals surface area contributed by atoms with Crippen LogP contribution in [0, 0.1) is 5.92 Å². The van der Waals surface area contributed by atoms with Crippen LogP contribution in [0.1, 0.15) is 68.5 Å². The van der Waals surface area contributed by atoms with Crippen LogP contribution in [0.15, 0.2) is 18.2 Å². The number of hydrogen-bond acceptors (Lipinski definition) is 3. The molecule has 0 aliphatic heterocycles. The molecular weight excluding hydrogens is 278 g/mol. The highest BCUT2D eigenvalue weighted by molar-refractivity contribution is 5.66. The van der Waals surface area contributed by atoms with Gasteiger partial charge in [-0.3, -0.25) is 4.79 Å². The van der Waals surface area contributed by atoms with Crippen molar-refractivity contribution in [1.82, 2.24) is 0 Å². The van der Waals surface area contributed by atoms with Crippen molar-refractivity contribution in [1.29, 1.82) is 0 Å². The molecule has 1 aliphatic rings. The normalized spacial score (nSPS) is 23.0. The Morgan fingerprint density at radius 3 is 2.64 bits per heavy atom. The molecule has 0 aromatic heterocycles. The van der Waals surface area contributed by atoms with Crippen LogP contribution < -0.4 is 10.5 Å². The summed E-state index contributed by atoms with van der Waals surface area (Å²) in [6.45, 7) is 2.31. The topological polar surface area (TPSA) is 72.5 Å². The maximum Gasteiger partial charge on any atom is 0.303 e. The molecule has 3 N–H and O–H groups in total. The molecule has 4 nitrogen and oxygen atoms in total. The molecule has 1 fully saturated rings. The van der Waals surface area contributed by atoms with E-state index >= 15 is 0 Å². The number of carbonyl (C=O) groups is 1. The lowest BCUT2D eigenvalue weighted by molar-refractivity contribution is -0.137. The van der Waals surface area contributed by atoms with E-state index < -0.39 is 5.97 Å². The molecule has 1 aliphatic carbocycles. The minimum Gasteiger partial charge on any atom is -0.496 e. The van der Waals surface area contributed by atoms with Gasteiger partial charge in [0.25, 0.3) is 0 Å². The molecule has 0 radical (unpaired) electrons. The van der Waals surface area contributed by atoms with Gasteiger partial charge in [0.2, 0.25) is 0 Å². The van der Waals surface area contributed by atoms with Crippen molar-refractivity contribution in [3.05, 3.63) is 29.3 Å². The second-order valence-corrected chi connectivity index (χ2v) is 6.50. The first-order chi connectivity index (χ1) is 10.5. The standard InChI is InChI=1S/C18H27NO3/c1-12-3-5-13(6-4-12)15-11-14(7-9-17(15)22-2)16(19)8-10-18(20)21/h7,9,11-13,16H,3-6,8,10,19H2,1-2H3,(H,20,21). The third-order valence-electron chi connectivity index (χ3n) is 4.81. The number of nitrogens with two attached hydrogens (primary N) is 1. The van der Waals surface area contributed by atoms with Crippen LogP contribution in [0.2, 0.25) is 0 Å². The minimum atomic E-state index is -0.801. The van der Waals surface area contributed by atoms with E-state index in [0.717, 1.165) is 17.2 Å². The number of carboxylic acid groups (broad SMARTS) is 1. The molecule has 1 aromatic rings. The van der Waals surface area contributed by atoms with E-state index in [1.165, 1.54) is 31.2 Å². The molecule has 2 rings (SSSR count). The number of benzene rings is 1. The van der Waals surface area contributed by atoms with Crippen LogP contribution in [0.25, 0.3) is 0 Å². The number of rotatable bonds is 6. The molecule has 1 unspecified atom stereocenters. The first-order valence-corrected chi connectivity index (χ1v) is 8.16. The van der Waals surface area contributed by atoms with Crippen LogP contribution in [-0.2, 0) is 4.79 Å².